The minimum Gasteiger partial charge on any atom is -0.454 e. The van der Waals surface area contributed by atoms with Crippen LogP contribution in [0, 0.1) is 23.0 Å². The van der Waals surface area contributed by atoms with Crippen molar-refractivity contribution in [1.29, 1.82) is 5.26 Å². The molecule has 182 valence electrons. The summed E-state index contributed by atoms with van der Waals surface area (Å²) < 4.78 is 34.7. The second-order valence-electron chi connectivity index (χ2n) is 8.42. The molecule has 3 heterocycles. The van der Waals surface area contributed by atoms with Gasteiger partial charge in [-0.2, -0.15) is 10.4 Å². The maximum absolute atomic E-state index is 13.9. The van der Waals surface area contributed by atoms with E-state index in [1.54, 1.807) is 33.8 Å². The number of fused-ring (bicyclic) bond motifs is 1. The molecule has 11 heteroatoms. The summed E-state index contributed by atoms with van der Waals surface area (Å²) in [7, 11) is 0. The van der Waals surface area contributed by atoms with Crippen molar-refractivity contribution in [3.05, 3.63) is 60.4 Å². The fourth-order valence-corrected chi connectivity index (χ4v) is 4.38. The summed E-state index contributed by atoms with van der Waals surface area (Å²) in [4.78, 5) is 22.5. The lowest BCUT2D eigenvalue weighted by molar-refractivity contribution is -0.131. The minimum atomic E-state index is -0.676. The van der Waals surface area contributed by atoms with E-state index in [1.165, 1.54) is 6.33 Å². The van der Waals surface area contributed by atoms with Gasteiger partial charge in [-0.25, -0.2) is 23.4 Å². The van der Waals surface area contributed by atoms with Gasteiger partial charge < -0.3 is 15.4 Å². The Kier molecular flexibility index (Phi) is 6.16. The van der Waals surface area contributed by atoms with Gasteiger partial charge in [0.2, 0.25) is 5.91 Å². The highest BCUT2D eigenvalue weighted by molar-refractivity contribution is 5.98. The number of benzene rings is 2. The highest BCUT2D eigenvalue weighted by Crippen LogP contribution is 2.35. The van der Waals surface area contributed by atoms with E-state index in [0.29, 0.717) is 41.1 Å². The molecule has 1 fully saturated rings. The maximum atomic E-state index is 13.9. The van der Waals surface area contributed by atoms with Crippen LogP contribution in [0.2, 0.25) is 0 Å². The first kappa shape index (κ1) is 23.2. The van der Waals surface area contributed by atoms with Crippen LogP contribution in [0.3, 0.4) is 0 Å². The quantitative estimate of drug-likeness (QED) is 0.445. The average molecular weight is 489 g/mol. The van der Waals surface area contributed by atoms with Gasteiger partial charge in [0.15, 0.2) is 17.2 Å². The van der Waals surface area contributed by atoms with Crippen molar-refractivity contribution in [2.24, 2.45) is 0 Å². The van der Waals surface area contributed by atoms with Crippen molar-refractivity contribution in [3.8, 4) is 28.8 Å². The number of nitrogen functional groups attached to an aromatic ring is 1. The summed E-state index contributed by atoms with van der Waals surface area (Å²) in [6.45, 7) is 1.00. The van der Waals surface area contributed by atoms with Crippen LogP contribution in [0.5, 0.6) is 11.5 Å². The Labute approximate surface area is 204 Å². The van der Waals surface area contributed by atoms with Crippen molar-refractivity contribution in [2.75, 3.05) is 18.8 Å². The van der Waals surface area contributed by atoms with E-state index in [0.717, 1.165) is 31.0 Å². The van der Waals surface area contributed by atoms with Crippen molar-refractivity contribution in [1.82, 2.24) is 24.6 Å². The van der Waals surface area contributed by atoms with Crippen LogP contribution in [0.4, 0.5) is 14.6 Å². The Balaban J connectivity index is 1.48. The number of ether oxygens (including phenoxy) is 1. The molecule has 0 spiro atoms. The molecular weight excluding hydrogens is 468 g/mol. The maximum Gasteiger partial charge on any atom is 0.236 e. The van der Waals surface area contributed by atoms with E-state index in [4.69, 9.17) is 20.8 Å². The summed E-state index contributed by atoms with van der Waals surface area (Å²) in [5, 5.41) is 14.3. The zero-order valence-corrected chi connectivity index (χ0v) is 19.1. The minimum absolute atomic E-state index is 0.148. The van der Waals surface area contributed by atoms with Gasteiger partial charge in [0, 0.05) is 24.7 Å². The molecule has 5 rings (SSSR count). The third-order valence-electron chi connectivity index (χ3n) is 6.09. The number of anilines is 1. The highest BCUT2D eigenvalue weighted by Gasteiger charge is 2.28. The first-order valence-electron chi connectivity index (χ1n) is 11.3. The first-order valence-corrected chi connectivity index (χ1v) is 11.3. The number of piperidine rings is 1. The Morgan fingerprint density at radius 2 is 2.00 bits per heavy atom. The number of carbonyl (C=O) groups excluding carboxylic acids is 1. The van der Waals surface area contributed by atoms with Crippen LogP contribution in [0.1, 0.15) is 25.3 Å². The first-order chi connectivity index (χ1) is 17.4. The zero-order chi connectivity index (χ0) is 25.2. The predicted molar refractivity (Wildman–Crippen MR) is 127 cm³/mol. The van der Waals surface area contributed by atoms with Crippen LogP contribution >= 0.6 is 0 Å². The molecule has 0 radical (unpaired) electrons. The fraction of sp³-hybridized carbons (Fsp3) is 0.240. The van der Waals surface area contributed by atoms with E-state index in [2.05, 4.69) is 9.97 Å². The molecule has 2 aromatic heterocycles. The molecule has 1 saturated heterocycles. The van der Waals surface area contributed by atoms with Crippen LogP contribution in [0.25, 0.3) is 22.3 Å². The Morgan fingerprint density at radius 3 is 2.78 bits per heavy atom. The second kappa shape index (κ2) is 9.58. The van der Waals surface area contributed by atoms with Gasteiger partial charge in [-0.3, -0.25) is 4.79 Å². The summed E-state index contributed by atoms with van der Waals surface area (Å²) in [6, 6.07) is 11.5. The Morgan fingerprint density at radius 1 is 1.19 bits per heavy atom. The molecule has 0 saturated carbocycles. The van der Waals surface area contributed by atoms with Gasteiger partial charge in [0.05, 0.1) is 17.5 Å². The number of nitriles is 1. The molecule has 1 aliphatic rings. The van der Waals surface area contributed by atoms with E-state index in [-0.39, 0.29) is 29.9 Å². The number of aromatic nitrogens is 4. The van der Waals surface area contributed by atoms with E-state index in [9.17, 15) is 13.6 Å². The number of rotatable bonds is 5. The number of carbonyl (C=O) groups is 1. The number of likely N-dealkylation sites (tertiary alicyclic amines) is 1. The number of halogens is 2. The molecule has 0 aliphatic carbocycles. The second-order valence-corrected chi connectivity index (χ2v) is 8.42. The smallest absolute Gasteiger partial charge is 0.236 e. The molecule has 0 bridgehead atoms. The molecule has 2 N–H and O–H groups in total. The van der Waals surface area contributed by atoms with Crippen LogP contribution in [0.15, 0.2) is 48.8 Å². The lowest BCUT2D eigenvalue weighted by Crippen LogP contribution is -2.40. The van der Waals surface area contributed by atoms with Crippen molar-refractivity contribution in [3.63, 3.8) is 0 Å². The molecule has 2 aromatic carbocycles. The van der Waals surface area contributed by atoms with Crippen molar-refractivity contribution in [2.45, 2.75) is 25.3 Å². The lowest BCUT2D eigenvalue weighted by Gasteiger charge is -2.32. The van der Waals surface area contributed by atoms with Gasteiger partial charge >= 0.3 is 0 Å². The highest BCUT2D eigenvalue weighted by atomic mass is 19.1. The number of hydrogen-bond acceptors (Lipinski definition) is 7. The van der Waals surface area contributed by atoms with Gasteiger partial charge in [0.25, 0.3) is 0 Å². The van der Waals surface area contributed by atoms with E-state index < -0.39 is 11.6 Å². The summed E-state index contributed by atoms with van der Waals surface area (Å²) >= 11 is 0. The van der Waals surface area contributed by atoms with Crippen LogP contribution < -0.4 is 10.5 Å². The molecule has 1 amide bonds. The Hall–Kier alpha value is -4.59. The van der Waals surface area contributed by atoms with Gasteiger partial charge in [-0.15, -0.1) is 0 Å². The van der Waals surface area contributed by atoms with Crippen LogP contribution in [-0.4, -0.2) is 43.6 Å². The molecule has 9 nitrogen and oxygen atoms in total. The molecular formula is C25H21F2N7O2. The number of amides is 1. The van der Waals surface area contributed by atoms with Crippen molar-refractivity contribution < 1.29 is 18.3 Å². The number of hydrogen-bond donors (Lipinski definition) is 1. The number of nitrogens with zero attached hydrogens (tertiary/aromatic N) is 6. The molecule has 1 atom stereocenters. The standard InChI is InChI=1S/C25H21F2N7O2/c26-16-5-8-19(27)20(12-16)36-18-6-3-15(4-7-18)23-22-24(29)30-14-31-25(22)34(32-23)17-2-1-11-33(13-17)21(35)9-10-28/h3-8,12,14,17H,1-2,9,11,13H2,(H2,29,30,31). The average Bonchev–Trinajstić information content (AvgIpc) is 3.28. The van der Waals surface area contributed by atoms with Gasteiger partial charge in [0.1, 0.15) is 35.8 Å². The monoisotopic (exact) mass is 489 g/mol. The summed E-state index contributed by atoms with van der Waals surface area (Å²) in [5.74, 6) is -1.14. The Bertz CT molecular complexity index is 1480. The van der Waals surface area contributed by atoms with E-state index in [1.807, 2.05) is 6.07 Å². The largest absolute Gasteiger partial charge is 0.454 e. The van der Waals surface area contributed by atoms with E-state index >= 15 is 0 Å². The fourth-order valence-electron chi connectivity index (χ4n) is 4.38. The van der Waals surface area contributed by atoms with Crippen LogP contribution in [-0.2, 0) is 4.79 Å². The molecule has 36 heavy (non-hydrogen) atoms. The normalized spacial score (nSPS) is 15.6. The topological polar surface area (TPSA) is 123 Å². The number of nitrogens with two attached hydrogens (primary N) is 1. The summed E-state index contributed by atoms with van der Waals surface area (Å²) in [6.07, 6.45) is 2.75. The summed E-state index contributed by atoms with van der Waals surface area (Å²) in [5.41, 5.74) is 7.99. The molecule has 4 aromatic rings. The third-order valence-corrected chi connectivity index (χ3v) is 6.09. The van der Waals surface area contributed by atoms with Gasteiger partial charge in [-0.1, -0.05) is 0 Å². The third kappa shape index (κ3) is 4.40. The lowest BCUT2D eigenvalue weighted by atomic mass is 10.1. The molecule has 1 aliphatic heterocycles. The zero-order valence-electron chi connectivity index (χ0n) is 19.1. The SMILES string of the molecule is N#CCC(=O)N1CCCC(n2nc(-c3ccc(Oc4cc(F)ccc4F)cc3)c3c(N)ncnc32)C1. The van der Waals surface area contributed by atoms with Crippen molar-refractivity contribution >= 4 is 22.8 Å². The van der Waals surface area contributed by atoms with Gasteiger partial charge in [-0.05, 0) is 49.2 Å². The predicted octanol–water partition coefficient (Wildman–Crippen LogP) is 4.22. The molecule has 1 unspecified atom stereocenters.